The summed E-state index contributed by atoms with van der Waals surface area (Å²) in [6.45, 7) is 3.21. The van der Waals surface area contributed by atoms with Gasteiger partial charge >= 0.3 is 0 Å². The predicted octanol–water partition coefficient (Wildman–Crippen LogP) is 1.55. The molecule has 90 valence electrons. The summed E-state index contributed by atoms with van der Waals surface area (Å²) in [4.78, 5) is 0. The SMILES string of the molecule is Cc1ccc(F)cc1CNCc1nncn1C. The number of benzene rings is 1. The molecule has 0 aliphatic carbocycles. The lowest BCUT2D eigenvalue weighted by molar-refractivity contribution is 0.611. The van der Waals surface area contributed by atoms with E-state index in [2.05, 4.69) is 15.5 Å². The molecular weight excluding hydrogens is 219 g/mol. The molecule has 4 nitrogen and oxygen atoms in total. The summed E-state index contributed by atoms with van der Waals surface area (Å²) in [5.74, 6) is 0.658. The first kappa shape index (κ1) is 11.7. The standard InChI is InChI=1S/C12H15FN4/c1-9-3-4-11(13)5-10(9)6-14-7-12-16-15-8-17(12)2/h3-5,8,14H,6-7H2,1-2H3. The van der Waals surface area contributed by atoms with Gasteiger partial charge in [0.15, 0.2) is 0 Å². The summed E-state index contributed by atoms with van der Waals surface area (Å²) in [7, 11) is 1.89. The molecule has 0 aliphatic rings. The minimum atomic E-state index is -0.203. The maximum Gasteiger partial charge on any atom is 0.146 e. The van der Waals surface area contributed by atoms with Gasteiger partial charge in [0.05, 0.1) is 6.54 Å². The molecule has 2 rings (SSSR count). The molecule has 0 spiro atoms. The first-order chi connectivity index (χ1) is 8.16. The highest BCUT2D eigenvalue weighted by atomic mass is 19.1. The predicted molar refractivity (Wildman–Crippen MR) is 62.7 cm³/mol. The van der Waals surface area contributed by atoms with E-state index in [1.807, 2.05) is 18.5 Å². The Hall–Kier alpha value is -1.75. The summed E-state index contributed by atoms with van der Waals surface area (Å²) in [5, 5.41) is 11.0. The molecule has 1 heterocycles. The van der Waals surface area contributed by atoms with Crippen molar-refractivity contribution in [1.29, 1.82) is 0 Å². The Labute approximate surface area is 99.5 Å². The molecule has 0 atom stereocenters. The molecule has 0 amide bonds. The van der Waals surface area contributed by atoms with Gasteiger partial charge in [-0.25, -0.2) is 4.39 Å². The van der Waals surface area contributed by atoms with Crippen molar-refractivity contribution in [3.8, 4) is 0 Å². The van der Waals surface area contributed by atoms with Crippen LogP contribution in [-0.2, 0) is 20.1 Å². The van der Waals surface area contributed by atoms with E-state index in [4.69, 9.17) is 0 Å². The Kier molecular flexibility index (Phi) is 3.49. The van der Waals surface area contributed by atoms with E-state index in [0.717, 1.165) is 17.0 Å². The van der Waals surface area contributed by atoms with Crippen LogP contribution in [0.1, 0.15) is 17.0 Å². The number of hydrogen-bond acceptors (Lipinski definition) is 3. The maximum absolute atomic E-state index is 13.1. The van der Waals surface area contributed by atoms with Gasteiger partial charge in [0.25, 0.3) is 0 Å². The highest BCUT2D eigenvalue weighted by Gasteiger charge is 2.02. The third-order valence-corrected chi connectivity index (χ3v) is 2.71. The summed E-state index contributed by atoms with van der Waals surface area (Å²) >= 11 is 0. The van der Waals surface area contributed by atoms with Gasteiger partial charge in [0.1, 0.15) is 18.0 Å². The zero-order valence-electron chi connectivity index (χ0n) is 9.94. The molecule has 0 fully saturated rings. The maximum atomic E-state index is 13.1. The van der Waals surface area contributed by atoms with Crippen molar-refractivity contribution in [1.82, 2.24) is 20.1 Å². The molecule has 1 aromatic carbocycles. The van der Waals surface area contributed by atoms with E-state index in [9.17, 15) is 4.39 Å². The largest absolute Gasteiger partial charge is 0.320 e. The van der Waals surface area contributed by atoms with Crippen LogP contribution in [0.4, 0.5) is 4.39 Å². The average Bonchev–Trinajstić information content (AvgIpc) is 2.70. The Balaban J connectivity index is 1.94. The number of nitrogens with zero attached hydrogens (tertiary/aromatic N) is 3. The van der Waals surface area contributed by atoms with Gasteiger partial charge in [-0.1, -0.05) is 6.07 Å². The Morgan fingerprint density at radius 2 is 2.18 bits per heavy atom. The number of hydrogen-bond donors (Lipinski definition) is 1. The Bertz CT molecular complexity index is 507. The topological polar surface area (TPSA) is 42.7 Å². The lowest BCUT2D eigenvalue weighted by atomic mass is 10.1. The highest BCUT2D eigenvalue weighted by Crippen LogP contribution is 2.09. The third kappa shape index (κ3) is 2.88. The van der Waals surface area contributed by atoms with Crippen LogP contribution in [0.5, 0.6) is 0 Å². The van der Waals surface area contributed by atoms with Crippen LogP contribution in [0.2, 0.25) is 0 Å². The van der Waals surface area contributed by atoms with Crippen molar-refractivity contribution in [2.45, 2.75) is 20.0 Å². The lowest BCUT2D eigenvalue weighted by Gasteiger charge is -2.07. The number of rotatable bonds is 4. The fourth-order valence-corrected chi connectivity index (χ4v) is 1.61. The first-order valence-electron chi connectivity index (χ1n) is 5.45. The summed E-state index contributed by atoms with van der Waals surface area (Å²) in [6, 6.07) is 4.81. The summed E-state index contributed by atoms with van der Waals surface area (Å²) < 4.78 is 14.9. The van der Waals surface area contributed by atoms with Crippen LogP contribution in [0.15, 0.2) is 24.5 Å². The zero-order valence-corrected chi connectivity index (χ0v) is 9.94. The second-order valence-electron chi connectivity index (χ2n) is 4.03. The minimum absolute atomic E-state index is 0.203. The van der Waals surface area contributed by atoms with E-state index in [-0.39, 0.29) is 5.82 Å². The van der Waals surface area contributed by atoms with Crippen LogP contribution in [-0.4, -0.2) is 14.8 Å². The molecule has 1 aromatic heterocycles. The summed E-state index contributed by atoms with van der Waals surface area (Å²) in [6.07, 6.45) is 1.66. The normalized spacial score (nSPS) is 10.8. The average molecular weight is 234 g/mol. The molecule has 1 N–H and O–H groups in total. The van der Waals surface area contributed by atoms with Crippen LogP contribution < -0.4 is 5.32 Å². The molecule has 0 saturated heterocycles. The summed E-state index contributed by atoms with van der Waals surface area (Å²) in [5.41, 5.74) is 2.05. The molecule has 17 heavy (non-hydrogen) atoms. The van der Waals surface area contributed by atoms with Gasteiger partial charge in [-0.3, -0.25) is 0 Å². The smallest absolute Gasteiger partial charge is 0.146 e. The molecule has 0 saturated carbocycles. The number of nitrogens with one attached hydrogen (secondary N) is 1. The monoisotopic (exact) mass is 234 g/mol. The minimum Gasteiger partial charge on any atom is -0.320 e. The van der Waals surface area contributed by atoms with Crippen molar-refractivity contribution in [3.05, 3.63) is 47.3 Å². The Morgan fingerprint density at radius 3 is 2.88 bits per heavy atom. The zero-order chi connectivity index (χ0) is 12.3. The number of aryl methyl sites for hydroxylation is 2. The van der Waals surface area contributed by atoms with E-state index < -0.39 is 0 Å². The van der Waals surface area contributed by atoms with Gasteiger partial charge in [-0.2, -0.15) is 0 Å². The van der Waals surface area contributed by atoms with Gasteiger partial charge < -0.3 is 9.88 Å². The fraction of sp³-hybridized carbons (Fsp3) is 0.333. The third-order valence-electron chi connectivity index (χ3n) is 2.71. The van der Waals surface area contributed by atoms with Crippen LogP contribution in [0, 0.1) is 12.7 Å². The highest BCUT2D eigenvalue weighted by molar-refractivity contribution is 5.26. The van der Waals surface area contributed by atoms with E-state index in [0.29, 0.717) is 13.1 Å². The van der Waals surface area contributed by atoms with E-state index in [1.54, 1.807) is 18.5 Å². The molecule has 5 heteroatoms. The van der Waals surface area contributed by atoms with Crippen molar-refractivity contribution in [3.63, 3.8) is 0 Å². The van der Waals surface area contributed by atoms with Crippen LogP contribution >= 0.6 is 0 Å². The molecule has 0 aliphatic heterocycles. The fourth-order valence-electron chi connectivity index (χ4n) is 1.61. The first-order valence-corrected chi connectivity index (χ1v) is 5.45. The van der Waals surface area contributed by atoms with Crippen LogP contribution in [0.3, 0.4) is 0 Å². The van der Waals surface area contributed by atoms with Crippen molar-refractivity contribution in [2.24, 2.45) is 7.05 Å². The molecule has 0 bridgehead atoms. The van der Waals surface area contributed by atoms with Crippen molar-refractivity contribution >= 4 is 0 Å². The number of aromatic nitrogens is 3. The second kappa shape index (κ2) is 5.05. The number of halogens is 1. The molecular formula is C12H15FN4. The van der Waals surface area contributed by atoms with E-state index in [1.165, 1.54) is 6.07 Å². The Morgan fingerprint density at radius 1 is 1.35 bits per heavy atom. The van der Waals surface area contributed by atoms with Gasteiger partial charge in [0.2, 0.25) is 0 Å². The van der Waals surface area contributed by atoms with Gasteiger partial charge in [-0.05, 0) is 30.2 Å². The van der Waals surface area contributed by atoms with Crippen molar-refractivity contribution < 1.29 is 4.39 Å². The molecule has 0 radical (unpaired) electrons. The van der Waals surface area contributed by atoms with Gasteiger partial charge in [-0.15, -0.1) is 10.2 Å². The van der Waals surface area contributed by atoms with Gasteiger partial charge in [0, 0.05) is 13.6 Å². The molecule has 2 aromatic rings. The second-order valence-corrected chi connectivity index (χ2v) is 4.03. The molecule has 0 unspecified atom stereocenters. The quantitative estimate of drug-likeness (QED) is 0.872. The van der Waals surface area contributed by atoms with E-state index >= 15 is 0 Å². The van der Waals surface area contributed by atoms with Crippen LogP contribution in [0.25, 0.3) is 0 Å². The lowest BCUT2D eigenvalue weighted by Crippen LogP contribution is -2.16. The van der Waals surface area contributed by atoms with Crippen molar-refractivity contribution in [2.75, 3.05) is 0 Å².